The van der Waals surface area contributed by atoms with Crippen molar-refractivity contribution < 1.29 is 0 Å². The molecule has 0 amide bonds. The van der Waals surface area contributed by atoms with Crippen molar-refractivity contribution in [1.29, 1.82) is 0 Å². The highest BCUT2D eigenvalue weighted by atomic mass is 15.1. The van der Waals surface area contributed by atoms with E-state index < -0.39 is 0 Å². The summed E-state index contributed by atoms with van der Waals surface area (Å²) in [7, 11) is 0. The molecule has 7 aromatic rings. The lowest BCUT2D eigenvalue weighted by Gasteiger charge is -2.36. The van der Waals surface area contributed by atoms with E-state index in [9.17, 15) is 0 Å². The van der Waals surface area contributed by atoms with Crippen molar-refractivity contribution in [3.8, 4) is 16.8 Å². The van der Waals surface area contributed by atoms with E-state index in [-0.39, 0.29) is 10.8 Å². The molecule has 0 aliphatic heterocycles. The number of allylic oxidation sites excluding steroid dienone is 5. The van der Waals surface area contributed by atoms with E-state index in [4.69, 9.17) is 0 Å². The number of benzene rings is 6. The Morgan fingerprint density at radius 1 is 0.589 bits per heavy atom. The predicted octanol–water partition coefficient (Wildman–Crippen LogP) is 13.7. The van der Waals surface area contributed by atoms with Crippen LogP contribution in [-0.4, -0.2) is 4.57 Å². The molecular weight excluding hydrogens is 677 g/mol. The summed E-state index contributed by atoms with van der Waals surface area (Å²) in [4.78, 5) is 2.55. The molecule has 0 bridgehead atoms. The maximum atomic E-state index is 2.55. The molecule has 0 saturated carbocycles. The van der Waals surface area contributed by atoms with Gasteiger partial charge in [0.1, 0.15) is 0 Å². The number of anilines is 2. The first-order valence-corrected chi connectivity index (χ1v) is 20.3. The molecular formula is C54H46N2. The summed E-state index contributed by atoms with van der Waals surface area (Å²) in [5.41, 5.74) is 20.2. The Balaban J connectivity index is 0.988. The number of rotatable bonds is 5. The van der Waals surface area contributed by atoms with Crippen LogP contribution in [0.3, 0.4) is 0 Å². The zero-order valence-electron chi connectivity index (χ0n) is 32.6. The Bertz CT molecular complexity index is 2800. The van der Waals surface area contributed by atoms with Gasteiger partial charge in [-0.25, -0.2) is 0 Å². The lowest BCUT2D eigenvalue weighted by molar-refractivity contribution is 0.406. The summed E-state index contributed by atoms with van der Waals surface area (Å²) in [5.74, 6) is 0.716. The zero-order valence-corrected chi connectivity index (χ0v) is 32.6. The van der Waals surface area contributed by atoms with Crippen LogP contribution in [0.25, 0.3) is 39.4 Å². The van der Waals surface area contributed by atoms with Gasteiger partial charge >= 0.3 is 0 Å². The second kappa shape index (κ2) is 12.2. The average Bonchev–Trinajstić information content (AvgIpc) is 3.78. The summed E-state index contributed by atoms with van der Waals surface area (Å²) in [6.07, 6.45) is 11.6. The highest BCUT2D eigenvalue weighted by molar-refractivity contribution is 5.91. The molecule has 2 atom stereocenters. The van der Waals surface area contributed by atoms with Crippen LogP contribution in [0, 0.1) is 5.92 Å². The molecule has 0 N–H and O–H groups in total. The van der Waals surface area contributed by atoms with Crippen molar-refractivity contribution in [3.05, 3.63) is 209 Å². The lowest BCUT2D eigenvalue weighted by Crippen LogP contribution is -2.29. The van der Waals surface area contributed by atoms with Crippen LogP contribution >= 0.6 is 0 Å². The van der Waals surface area contributed by atoms with Crippen LogP contribution in [-0.2, 0) is 17.3 Å². The van der Waals surface area contributed by atoms with Crippen molar-refractivity contribution in [1.82, 2.24) is 4.57 Å². The van der Waals surface area contributed by atoms with Gasteiger partial charge in [0.15, 0.2) is 0 Å². The minimum Gasteiger partial charge on any atom is -0.314 e. The minimum atomic E-state index is -0.0730. The maximum Gasteiger partial charge on any atom is 0.0537 e. The maximum absolute atomic E-state index is 2.55. The van der Waals surface area contributed by atoms with Gasteiger partial charge in [-0.2, -0.15) is 0 Å². The molecule has 56 heavy (non-hydrogen) atoms. The summed E-state index contributed by atoms with van der Waals surface area (Å²) >= 11 is 0. The third-order valence-corrected chi connectivity index (χ3v) is 13.7. The summed E-state index contributed by atoms with van der Waals surface area (Å²) in [5, 5.41) is 1.35. The molecule has 0 fully saturated rings. The van der Waals surface area contributed by atoms with E-state index in [0.717, 1.165) is 12.8 Å². The molecule has 2 nitrogen and oxygen atoms in total. The van der Waals surface area contributed by atoms with Crippen LogP contribution in [0.2, 0.25) is 0 Å². The molecule has 1 heterocycles. The number of hydrogen-bond donors (Lipinski definition) is 0. The average molecular weight is 723 g/mol. The van der Waals surface area contributed by atoms with Crippen molar-refractivity contribution in [2.75, 3.05) is 4.90 Å². The topological polar surface area (TPSA) is 8.17 Å². The van der Waals surface area contributed by atoms with Crippen molar-refractivity contribution in [2.24, 2.45) is 5.92 Å². The fraction of sp³-hybridized carbons (Fsp3) is 0.185. The minimum absolute atomic E-state index is 0.0504. The molecule has 11 rings (SSSR count). The van der Waals surface area contributed by atoms with Gasteiger partial charge in [0, 0.05) is 45.2 Å². The molecule has 0 saturated heterocycles. The SMILES string of the molecule is CC1(C)c2ccccc2-c2ccc(N(C3=CC=C4c5ccccc5C(C)(C)C4C3)c3ccc(C4C=Cc5c(c6ccccc6n5-c5ccccc5)C4)cc3)cc21. The molecule has 1 aromatic heterocycles. The molecule has 6 aromatic carbocycles. The standard InChI is InChI=1S/C54H46N2/c1-53(2)47-19-11-8-16-41(47)43-29-27-39(33-49(43)53)55(40-28-30-44-42-17-9-12-20-48(42)54(3,4)50(44)34-40)38-25-22-35(23-26-38)36-24-31-52-46(32-36)45-18-10-13-21-51(45)56(52)37-14-6-5-7-15-37/h5-31,33,36,50H,32,34H2,1-4H3. The zero-order chi connectivity index (χ0) is 37.8. The van der Waals surface area contributed by atoms with E-state index in [0.29, 0.717) is 11.8 Å². The molecule has 0 radical (unpaired) electrons. The van der Waals surface area contributed by atoms with Gasteiger partial charge in [0.05, 0.1) is 5.52 Å². The van der Waals surface area contributed by atoms with Crippen LogP contribution in [0.4, 0.5) is 11.4 Å². The second-order valence-electron chi connectivity index (χ2n) is 17.4. The number of hydrogen-bond acceptors (Lipinski definition) is 1. The smallest absolute Gasteiger partial charge is 0.0537 e. The van der Waals surface area contributed by atoms with Gasteiger partial charge in [0.2, 0.25) is 0 Å². The Kier molecular flexibility index (Phi) is 7.23. The highest BCUT2D eigenvalue weighted by Gasteiger charge is 2.44. The van der Waals surface area contributed by atoms with Crippen LogP contribution in [0.15, 0.2) is 170 Å². The monoisotopic (exact) mass is 722 g/mol. The molecule has 4 aliphatic rings. The van der Waals surface area contributed by atoms with Gasteiger partial charge in [-0.15, -0.1) is 0 Å². The Labute approximate surface area is 330 Å². The van der Waals surface area contributed by atoms with Gasteiger partial charge in [-0.3, -0.25) is 0 Å². The molecule has 0 spiro atoms. The highest BCUT2D eigenvalue weighted by Crippen LogP contribution is 2.56. The fourth-order valence-corrected chi connectivity index (χ4v) is 10.7. The number of fused-ring (bicyclic) bond motifs is 9. The van der Waals surface area contributed by atoms with Crippen LogP contribution < -0.4 is 4.90 Å². The Morgan fingerprint density at radius 3 is 2.09 bits per heavy atom. The third kappa shape index (κ3) is 4.81. The van der Waals surface area contributed by atoms with Gasteiger partial charge in [0.25, 0.3) is 0 Å². The lowest BCUT2D eigenvalue weighted by atomic mass is 9.73. The van der Waals surface area contributed by atoms with Crippen molar-refractivity contribution in [3.63, 3.8) is 0 Å². The molecule has 272 valence electrons. The molecule has 4 aliphatic carbocycles. The van der Waals surface area contributed by atoms with Crippen molar-refractivity contribution in [2.45, 2.75) is 57.3 Å². The van der Waals surface area contributed by atoms with Crippen LogP contribution in [0.1, 0.15) is 79.1 Å². The largest absolute Gasteiger partial charge is 0.314 e. The fourth-order valence-electron chi connectivity index (χ4n) is 10.7. The quantitative estimate of drug-likeness (QED) is 0.172. The summed E-state index contributed by atoms with van der Waals surface area (Å²) in [6.45, 7) is 9.64. The molecule has 2 heteroatoms. The first kappa shape index (κ1) is 33.2. The first-order valence-electron chi connectivity index (χ1n) is 20.3. The number of nitrogens with zero attached hydrogens (tertiary/aromatic N) is 2. The third-order valence-electron chi connectivity index (χ3n) is 13.7. The van der Waals surface area contributed by atoms with Gasteiger partial charge in [-0.1, -0.05) is 143 Å². The van der Waals surface area contributed by atoms with E-state index in [2.05, 4.69) is 207 Å². The van der Waals surface area contributed by atoms with Crippen molar-refractivity contribution >= 4 is 33.9 Å². The Morgan fingerprint density at radius 2 is 1.27 bits per heavy atom. The first-order chi connectivity index (χ1) is 27.3. The Hall–Kier alpha value is -6.12. The normalized spacial score (nSPS) is 19.4. The summed E-state index contributed by atoms with van der Waals surface area (Å²) < 4.78 is 2.43. The number of aromatic nitrogens is 1. The predicted molar refractivity (Wildman–Crippen MR) is 235 cm³/mol. The molecule has 2 unspecified atom stereocenters. The second-order valence-corrected chi connectivity index (χ2v) is 17.4. The number of para-hydroxylation sites is 2. The van der Waals surface area contributed by atoms with E-state index in [1.807, 2.05) is 0 Å². The van der Waals surface area contributed by atoms with Gasteiger partial charge < -0.3 is 9.47 Å². The van der Waals surface area contributed by atoms with Gasteiger partial charge in [-0.05, 0) is 129 Å². The van der Waals surface area contributed by atoms with E-state index in [1.165, 1.54) is 89.4 Å². The van der Waals surface area contributed by atoms with Crippen LogP contribution in [0.5, 0.6) is 0 Å². The van der Waals surface area contributed by atoms with E-state index in [1.54, 1.807) is 0 Å². The van der Waals surface area contributed by atoms with E-state index >= 15 is 0 Å². The summed E-state index contributed by atoms with van der Waals surface area (Å²) in [6, 6.07) is 54.4.